The molecule has 0 spiro atoms. The molecule has 5 heteroatoms. The van der Waals surface area contributed by atoms with Crippen LogP contribution in [0.15, 0.2) is 34.8 Å². The molecular formula is C13H16BrN3O. The maximum atomic E-state index is 12.0. The molecule has 1 amide bonds. The van der Waals surface area contributed by atoms with Crippen LogP contribution in [0.25, 0.3) is 5.70 Å². The highest BCUT2D eigenvalue weighted by molar-refractivity contribution is 9.10. The van der Waals surface area contributed by atoms with E-state index >= 15 is 0 Å². The quantitative estimate of drug-likeness (QED) is 0.904. The molecule has 1 unspecified atom stereocenters. The van der Waals surface area contributed by atoms with Crippen molar-refractivity contribution < 1.29 is 4.79 Å². The summed E-state index contributed by atoms with van der Waals surface area (Å²) in [6.45, 7) is 0.328. The highest BCUT2D eigenvalue weighted by Crippen LogP contribution is 2.28. The van der Waals surface area contributed by atoms with Crippen molar-refractivity contribution in [1.29, 1.82) is 0 Å². The van der Waals surface area contributed by atoms with Gasteiger partial charge in [-0.05, 0) is 18.2 Å². The molecule has 1 aromatic carbocycles. The maximum Gasteiger partial charge on any atom is 0.249 e. The number of benzene rings is 1. The minimum Gasteiger partial charge on any atom is -0.329 e. The molecule has 1 heterocycles. The van der Waals surface area contributed by atoms with E-state index in [2.05, 4.69) is 15.9 Å². The predicted molar refractivity (Wildman–Crippen MR) is 75.2 cm³/mol. The van der Waals surface area contributed by atoms with Gasteiger partial charge in [0.05, 0.1) is 11.6 Å². The smallest absolute Gasteiger partial charge is 0.249 e. The molecule has 2 rings (SSSR count). The molecule has 0 aromatic heterocycles. The Morgan fingerprint density at radius 3 is 2.67 bits per heavy atom. The number of hydrogen-bond acceptors (Lipinski definition) is 3. The van der Waals surface area contributed by atoms with Crippen LogP contribution in [-0.2, 0) is 4.79 Å². The van der Waals surface area contributed by atoms with E-state index in [0.717, 1.165) is 15.7 Å². The van der Waals surface area contributed by atoms with E-state index in [9.17, 15) is 4.79 Å². The monoisotopic (exact) mass is 309 g/mol. The van der Waals surface area contributed by atoms with Crippen LogP contribution in [0, 0.1) is 5.92 Å². The summed E-state index contributed by atoms with van der Waals surface area (Å²) in [7, 11) is 3.63. The molecule has 1 aromatic rings. The Morgan fingerprint density at radius 1 is 1.33 bits per heavy atom. The Balaban J connectivity index is 2.45. The summed E-state index contributed by atoms with van der Waals surface area (Å²) in [6.07, 6.45) is 1.93. The van der Waals surface area contributed by atoms with Crippen LogP contribution in [0.3, 0.4) is 0 Å². The standard InChI is InChI=1S/C13H16BrN3O/c1-16-12(9-4-3-5-11(14)6-9)7-10(8-15)13(18)17(16)2/h3-7,10H,8,15H2,1-2H3. The van der Waals surface area contributed by atoms with Crippen molar-refractivity contribution in [2.45, 2.75) is 0 Å². The molecule has 0 saturated heterocycles. The fourth-order valence-corrected chi connectivity index (χ4v) is 2.42. The summed E-state index contributed by atoms with van der Waals surface area (Å²) in [5.41, 5.74) is 7.71. The lowest BCUT2D eigenvalue weighted by Crippen LogP contribution is -2.48. The van der Waals surface area contributed by atoms with Crippen molar-refractivity contribution in [2.24, 2.45) is 11.7 Å². The summed E-state index contributed by atoms with van der Waals surface area (Å²) < 4.78 is 1.01. The largest absolute Gasteiger partial charge is 0.329 e. The van der Waals surface area contributed by atoms with E-state index in [1.54, 1.807) is 12.1 Å². The van der Waals surface area contributed by atoms with E-state index in [1.807, 2.05) is 42.4 Å². The van der Waals surface area contributed by atoms with E-state index in [1.165, 1.54) is 0 Å². The number of carbonyl (C=O) groups is 1. The van der Waals surface area contributed by atoms with Crippen LogP contribution < -0.4 is 5.73 Å². The molecule has 0 saturated carbocycles. The number of amides is 1. The first-order valence-electron chi connectivity index (χ1n) is 5.73. The first kappa shape index (κ1) is 13.1. The average Bonchev–Trinajstić information content (AvgIpc) is 2.36. The summed E-state index contributed by atoms with van der Waals surface area (Å²) in [5, 5.41) is 3.45. The van der Waals surface area contributed by atoms with Crippen molar-refractivity contribution in [3.63, 3.8) is 0 Å². The van der Waals surface area contributed by atoms with Gasteiger partial charge in [-0.3, -0.25) is 14.8 Å². The Bertz CT molecular complexity index is 501. The Morgan fingerprint density at radius 2 is 2.06 bits per heavy atom. The van der Waals surface area contributed by atoms with Crippen molar-refractivity contribution >= 4 is 27.5 Å². The predicted octanol–water partition coefficient (Wildman–Crippen LogP) is 1.68. The Labute approximate surface area is 115 Å². The van der Waals surface area contributed by atoms with Gasteiger partial charge >= 0.3 is 0 Å². The molecule has 0 bridgehead atoms. The molecule has 1 aliphatic heterocycles. The number of rotatable bonds is 2. The number of nitrogens with zero attached hydrogens (tertiary/aromatic N) is 2. The van der Waals surface area contributed by atoms with E-state index < -0.39 is 0 Å². The zero-order chi connectivity index (χ0) is 13.3. The summed E-state index contributed by atoms with van der Waals surface area (Å²) in [6, 6.07) is 7.99. The molecule has 96 valence electrons. The van der Waals surface area contributed by atoms with E-state index in [-0.39, 0.29) is 11.8 Å². The van der Waals surface area contributed by atoms with Crippen LogP contribution in [0.4, 0.5) is 0 Å². The Kier molecular flexibility index (Phi) is 3.73. The van der Waals surface area contributed by atoms with Gasteiger partial charge in [0.2, 0.25) is 5.91 Å². The van der Waals surface area contributed by atoms with E-state index in [4.69, 9.17) is 5.73 Å². The van der Waals surface area contributed by atoms with Gasteiger partial charge in [-0.25, -0.2) is 0 Å². The van der Waals surface area contributed by atoms with Crippen LogP contribution in [0.1, 0.15) is 5.56 Å². The van der Waals surface area contributed by atoms with Gasteiger partial charge in [0.25, 0.3) is 0 Å². The van der Waals surface area contributed by atoms with Crippen molar-refractivity contribution in [1.82, 2.24) is 10.0 Å². The zero-order valence-electron chi connectivity index (χ0n) is 10.4. The number of hydrazine groups is 1. The zero-order valence-corrected chi connectivity index (χ0v) is 12.0. The van der Waals surface area contributed by atoms with Crippen LogP contribution >= 0.6 is 15.9 Å². The molecular weight excluding hydrogens is 294 g/mol. The number of hydrogen-bond donors (Lipinski definition) is 1. The minimum absolute atomic E-state index is 0.0266. The lowest BCUT2D eigenvalue weighted by molar-refractivity contribution is -0.143. The molecule has 1 aliphatic rings. The minimum atomic E-state index is -0.250. The highest BCUT2D eigenvalue weighted by atomic mass is 79.9. The fraction of sp³-hybridized carbons (Fsp3) is 0.308. The van der Waals surface area contributed by atoms with Crippen molar-refractivity contribution in [2.75, 3.05) is 20.6 Å². The third kappa shape index (κ3) is 2.28. The highest BCUT2D eigenvalue weighted by Gasteiger charge is 2.29. The molecule has 1 atom stereocenters. The van der Waals surface area contributed by atoms with Crippen LogP contribution in [0.5, 0.6) is 0 Å². The SMILES string of the molecule is CN1C(=O)C(CN)C=C(c2cccc(Br)c2)N1C. The summed E-state index contributed by atoms with van der Waals surface area (Å²) in [4.78, 5) is 12.0. The molecule has 0 fully saturated rings. The van der Waals surface area contributed by atoms with Gasteiger partial charge in [-0.15, -0.1) is 0 Å². The second kappa shape index (κ2) is 5.12. The van der Waals surface area contributed by atoms with Crippen LogP contribution in [0.2, 0.25) is 0 Å². The molecule has 2 N–H and O–H groups in total. The third-order valence-electron chi connectivity index (χ3n) is 3.17. The number of nitrogens with two attached hydrogens (primary N) is 1. The maximum absolute atomic E-state index is 12.0. The third-order valence-corrected chi connectivity index (χ3v) is 3.66. The van der Waals surface area contributed by atoms with Gasteiger partial charge in [0.15, 0.2) is 0 Å². The molecule has 0 radical (unpaired) electrons. The van der Waals surface area contributed by atoms with Crippen molar-refractivity contribution in [3.05, 3.63) is 40.4 Å². The fourth-order valence-electron chi connectivity index (χ4n) is 2.02. The van der Waals surface area contributed by atoms with Gasteiger partial charge < -0.3 is 5.73 Å². The second-order valence-corrected chi connectivity index (χ2v) is 5.21. The molecule has 0 aliphatic carbocycles. The second-order valence-electron chi connectivity index (χ2n) is 4.29. The topological polar surface area (TPSA) is 49.6 Å². The average molecular weight is 310 g/mol. The normalized spacial score (nSPS) is 20.1. The lowest BCUT2D eigenvalue weighted by atomic mass is 10.0. The van der Waals surface area contributed by atoms with Crippen LogP contribution in [-0.4, -0.2) is 36.6 Å². The Hall–Kier alpha value is -1.33. The van der Waals surface area contributed by atoms with Gasteiger partial charge in [0.1, 0.15) is 0 Å². The van der Waals surface area contributed by atoms with E-state index in [0.29, 0.717) is 6.54 Å². The van der Waals surface area contributed by atoms with Gasteiger partial charge in [-0.1, -0.05) is 28.1 Å². The van der Waals surface area contributed by atoms with Gasteiger partial charge in [-0.2, -0.15) is 0 Å². The van der Waals surface area contributed by atoms with Crippen molar-refractivity contribution in [3.8, 4) is 0 Å². The molecule has 4 nitrogen and oxygen atoms in total. The summed E-state index contributed by atoms with van der Waals surface area (Å²) >= 11 is 3.46. The first-order chi connectivity index (χ1) is 8.54. The first-order valence-corrected chi connectivity index (χ1v) is 6.53. The summed E-state index contributed by atoms with van der Waals surface area (Å²) in [5.74, 6) is -0.223. The lowest BCUT2D eigenvalue weighted by Gasteiger charge is -2.38. The number of halogens is 1. The number of carbonyl (C=O) groups excluding carboxylic acids is 1. The molecule has 18 heavy (non-hydrogen) atoms. The van der Waals surface area contributed by atoms with Gasteiger partial charge in [0, 0.05) is 30.7 Å².